The number of ketones is 1. The Morgan fingerprint density at radius 2 is 1.59 bits per heavy atom. The SMILES string of the molecule is CCc1ccc(C(=O)CN2C(=O)N[C@@](C)(c3ccc(C(C)(C)C)cc3)C2=O)cc1. The van der Waals surface area contributed by atoms with Crippen LogP contribution in [-0.4, -0.2) is 29.2 Å². The molecule has 3 amide bonds. The highest BCUT2D eigenvalue weighted by atomic mass is 16.2. The van der Waals surface area contributed by atoms with Crippen LogP contribution in [0.3, 0.4) is 0 Å². The van der Waals surface area contributed by atoms with Gasteiger partial charge in [-0.3, -0.25) is 14.5 Å². The van der Waals surface area contributed by atoms with Crippen molar-refractivity contribution in [3.05, 3.63) is 70.8 Å². The first kappa shape index (κ1) is 20.8. The number of carbonyl (C=O) groups excluding carboxylic acids is 3. The summed E-state index contributed by atoms with van der Waals surface area (Å²) < 4.78 is 0. The normalized spacial score (nSPS) is 19.4. The lowest BCUT2D eigenvalue weighted by Crippen LogP contribution is -2.41. The van der Waals surface area contributed by atoms with Crippen molar-refractivity contribution in [1.82, 2.24) is 10.2 Å². The Morgan fingerprint density at radius 1 is 1.00 bits per heavy atom. The minimum atomic E-state index is -1.18. The average molecular weight is 392 g/mol. The summed E-state index contributed by atoms with van der Waals surface area (Å²) in [5.74, 6) is -0.673. The number of amides is 3. The van der Waals surface area contributed by atoms with Crippen LogP contribution in [0.25, 0.3) is 0 Å². The van der Waals surface area contributed by atoms with E-state index in [9.17, 15) is 14.4 Å². The van der Waals surface area contributed by atoms with Crippen LogP contribution >= 0.6 is 0 Å². The van der Waals surface area contributed by atoms with E-state index in [0.29, 0.717) is 11.1 Å². The summed E-state index contributed by atoms with van der Waals surface area (Å²) in [5.41, 5.74) is 2.28. The molecule has 0 bridgehead atoms. The van der Waals surface area contributed by atoms with Gasteiger partial charge in [-0.25, -0.2) is 4.79 Å². The molecular formula is C24H28N2O3. The highest BCUT2D eigenvalue weighted by Crippen LogP contribution is 2.31. The summed E-state index contributed by atoms with van der Waals surface area (Å²) >= 11 is 0. The second-order valence-electron chi connectivity index (χ2n) is 8.75. The highest BCUT2D eigenvalue weighted by Gasteiger charge is 2.49. The van der Waals surface area contributed by atoms with E-state index in [-0.39, 0.29) is 17.7 Å². The molecule has 1 N–H and O–H groups in total. The van der Waals surface area contributed by atoms with Crippen LogP contribution < -0.4 is 5.32 Å². The molecule has 1 saturated heterocycles. The number of hydrogen-bond donors (Lipinski definition) is 1. The predicted octanol–water partition coefficient (Wildman–Crippen LogP) is 4.20. The maximum Gasteiger partial charge on any atom is 0.325 e. The first-order valence-corrected chi connectivity index (χ1v) is 9.93. The number of benzene rings is 2. The van der Waals surface area contributed by atoms with Gasteiger partial charge in [0.2, 0.25) is 0 Å². The molecule has 1 fully saturated rings. The number of imide groups is 1. The minimum absolute atomic E-state index is 0.00581. The Balaban J connectivity index is 1.80. The molecule has 0 aliphatic carbocycles. The standard InChI is InChI=1S/C24H28N2O3/c1-6-16-7-9-17(10-8-16)20(27)15-26-21(28)24(5,25-22(26)29)19-13-11-18(12-14-19)23(2,3)4/h7-14H,6,15H2,1-5H3,(H,25,29)/t24-/m0/s1. The van der Waals surface area contributed by atoms with Crippen molar-refractivity contribution in [3.8, 4) is 0 Å². The Labute approximate surface area is 172 Å². The maximum atomic E-state index is 13.1. The largest absolute Gasteiger partial charge is 0.325 e. The molecule has 1 aliphatic rings. The summed E-state index contributed by atoms with van der Waals surface area (Å²) in [6, 6.07) is 14.4. The van der Waals surface area contributed by atoms with Crippen molar-refractivity contribution in [3.63, 3.8) is 0 Å². The van der Waals surface area contributed by atoms with Crippen molar-refractivity contribution >= 4 is 17.7 Å². The second kappa shape index (κ2) is 7.47. The molecule has 29 heavy (non-hydrogen) atoms. The lowest BCUT2D eigenvalue weighted by atomic mass is 9.84. The lowest BCUT2D eigenvalue weighted by Gasteiger charge is -2.24. The van der Waals surface area contributed by atoms with Gasteiger partial charge in [-0.2, -0.15) is 0 Å². The van der Waals surface area contributed by atoms with Gasteiger partial charge >= 0.3 is 6.03 Å². The van der Waals surface area contributed by atoms with Crippen LogP contribution in [0.1, 0.15) is 61.7 Å². The van der Waals surface area contributed by atoms with Gasteiger partial charge in [-0.05, 0) is 35.4 Å². The van der Waals surface area contributed by atoms with E-state index in [2.05, 4.69) is 26.1 Å². The molecule has 0 unspecified atom stereocenters. The first-order valence-electron chi connectivity index (χ1n) is 9.93. The van der Waals surface area contributed by atoms with Crippen molar-refractivity contribution < 1.29 is 14.4 Å². The third-order valence-corrected chi connectivity index (χ3v) is 5.59. The van der Waals surface area contributed by atoms with Gasteiger partial charge in [0.15, 0.2) is 5.78 Å². The van der Waals surface area contributed by atoms with Crippen LogP contribution in [0.2, 0.25) is 0 Å². The maximum absolute atomic E-state index is 13.1. The second-order valence-corrected chi connectivity index (χ2v) is 8.75. The quantitative estimate of drug-likeness (QED) is 0.613. The highest BCUT2D eigenvalue weighted by molar-refractivity contribution is 6.11. The summed E-state index contributed by atoms with van der Waals surface area (Å²) in [4.78, 5) is 39.2. The molecule has 2 aromatic carbocycles. The molecule has 3 rings (SSSR count). The van der Waals surface area contributed by atoms with Gasteiger partial charge in [0.25, 0.3) is 5.91 Å². The van der Waals surface area contributed by atoms with E-state index in [0.717, 1.165) is 22.4 Å². The summed E-state index contributed by atoms with van der Waals surface area (Å²) in [6.07, 6.45) is 0.883. The smallest absolute Gasteiger partial charge is 0.319 e. The number of Topliss-reactive ketones (excluding diaryl/α,β-unsaturated/α-hetero) is 1. The Morgan fingerprint density at radius 3 is 2.10 bits per heavy atom. The Bertz CT molecular complexity index is 940. The van der Waals surface area contributed by atoms with E-state index >= 15 is 0 Å². The van der Waals surface area contributed by atoms with Crippen molar-refractivity contribution in [2.75, 3.05) is 6.54 Å². The molecule has 1 atom stereocenters. The zero-order valence-corrected chi connectivity index (χ0v) is 17.7. The molecule has 0 aromatic heterocycles. The molecule has 5 heteroatoms. The zero-order valence-electron chi connectivity index (χ0n) is 17.7. The fourth-order valence-electron chi connectivity index (χ4n) is 3.50. The number of urea groups is 1. The van der Waals surface area contributed by atoms with Gasteiger partial charge in [0.05, 0.1) is 6.54 Å². The van der Waals surface area contributed by atoms with Gasteiger partial charge in [-0.1, -0.05) is 76.2 Å². The molecule has 0 radical (unpaired) electrons. The fourth-order valence-corrected chi connectivity index (χ4v) is 3.50. The molecule has 5 nitrogen and oxygen atoms in total. The van der Waals surface area contributed by atoms with Crippen LogP contribution in [0.15, 0.2) is 48.5 Å². The fraction of sp³-hybridized carbons (Fsp3) is 0.375. The third-order valence-electron chi connectivity index (χ3n) is 5.59. The summed E-state index contributed by atoms with van der Waals surface area (Å²) in [5, 5.41) is 2.76. The van der Waals surface area contributed by atoms with Crippen LogP contribution in [0.4, 0.5) is 4.79 Å². The van der Waals surface area contributed by atoms with Gasteiger partial charge < -0.3 is 5.32 Å². The minimum Gasteiger partial charge on any atom is -0.319 e. The van der Waals surface area contributed by atoms with Crippen molar-refractivity contribution in [1.29, 1.82) is 0 Å². The van der Waals surface area contributed by atoms with E-state index in [1.807, 2.05) is 43.3 Å². The third kappa shape index (κ3) is 3.95. The van der Waals surface area contributed by atoms with Crippen molar-refractivity contribution in [2.24, 2.45) is 0 Å². The monoisotopic (exact) mass is 392 g/mol. The molecule has 0 spiro atoms. The topological polar surface area (TPSA) is 66.5 Å². The lowest BCUT2D eigenvalue weighted by molar-refractivity contribution is -0.130. The van der Waals surface area contributed by atoms with Crippen LogP contribution in [-0.2, 0) is 22.2 Å². The summed E-state index contributed by atoms with van der Waals surface area (Å²) in [6.45, 7) is 9.80. The van der Waals surface area contributed by atoms with Crippen molar-refractivity contribution in [2.45, 2.75) is 52.0 Å². The predicted molar refractivity (Wildman–Crippen MR) is 113 cm³/mol. The number of hydrogen-bond acceptors (Lipinski definition) is 3. The Kier molecular flexibility index (Phi) is 5.35. The number of aryl methyl sites for hydroxylation is 1. The number of nitrogens with one attached hydrogen (secondary N) is 1. The molecular weight excluding hydrogens is 364 g/mol. The first-order chi connectivity index (χ1) is 13.6. The van der Waals surface area contributed by atoms with Crippen LogP contribution in [0.5, 0.6) is 0 Å². The molecule has 2 aromatic rings. The number of nitrogens with zero attached hydrogens (tertiary/aromatic N) is 1. The molecule has 1 aliphatic heterocycles. The van der Waals surface area contributed by atoms with E-state index < -0.39 is 17.5 Å². The molecule has 152 valence electrons. The van der Waals surface area contributed by atoms with Gasteiger partial charge in [-0.15, -0.1) is 0 Å². The number of rotatable bonds is 5. The molecule has 1 heterocycles. The van der Waals surface area contributed by atoms with Gasteiger partial charge in [0.1, 0.15) is 5.54 Å². The van der Waals surface area contributed by atoms with E-state index in [1.54, 1.807) is 19.1 Å². The summed E-state index contributed by atoms with van der Waals surface area (Å²) in [7, 11) is 0. The van der Waals surface area contributed by atoms with Crippen LogP contribution in [0, 0.1) is 0 Å². The van der Waals surface area contributed by atoms with E-state index in [4.69, 9.17) is 0 Å². The number of carbonyl (C=O) groups is 3. The Hall–Kier alpha value is -2.95. The average Bonchev–Trinajstić information content (AvgIpc) is 2.91. The molecule has 0 saturated carbocycles. The van der Waals surface area contributed by atoms with E-state index in [1.165, 1.54) is 0 Å². The van der Waals surface area contributed by atoms with Gasteiger partial charge in [0, 0.05) is 5.56 Å². The zero-order chi connectivity index (χ0) is 21.4.